The third-order valence-corrected chi connectivity index (χ3v) is 7.21. The Balaban J connectivity index is 0.00000135. The van der Waals surface area contributed by atoms with Gasteiger partial charge in [0.15, 0.2) is 11.5 Å². The van der Waals surface area contributed by atoms with Crippen molar-refractivity contribution in [3.63, 3.8) is 0 Å². The summed E-state index contributed by atoms with van der Waals surface area (Å²) in [6, 6.07) is 11.6. The van der Waals surface area contributed by atoms with Crippen LogP contribution in [0, 0.1) is 17.6 Å². The monoisotopic (exact) mass is 595 g/mol. The number of halogens is 2. The van der Waals surface area contributed by atoms with Gasteiger partial charge in [-0.1, -0.05) is 18.2 Å². The summed E-state index contributed by atoms with van der Waals surface area (Å²) in [7, 11) is 0. The van der Waals surface area contributed by atoms with E-state index in [0.717, 1.165) is 17.3 Å². The second-order valence-electron chi connectivity index (χ2n) is 10.00. The molecule has 13 heteroatoms. The molecule has 3 aromatic rings. The Labute approximate surface area is 246 Å². The van der Waals surface area contributed by atoms with E-state index in [9.17, 15) is 23.2 Å². The number of carboxylic acid groups (broad SMARTS) is 1. The van der Waals surface area contributed by atoms with E-state index in [0.29, 0.717) is 24.8 Å². The molecule has 0 aliphatic carbocycles. The lowest BCUT2D eigenvalue weighted by Gasteiger charge is -2.24. The molecule has 4 heterocycles. The SMILES string of the molecule is O=C1NCCCN(C(=O)c2ncc(F)cc2F)CCOc2cccc(c2)[C@H]2CN(C(=O)Cc3cccnc3)C[C@H]12.O=CO. The van der Waals surface area contributed by atoms with Gasteiger partial charge in [-0.05, 0) is 35.7 Å². The number of carbonyl (C=O) groups excluding carboxylic acids is 3. The molecule has 1 saturated heterocycles. The molecule has 2 aliphatic rings. The number of rotatable bonds is 3. The molecule has 0 saturated carbocycles. The molecule has 2 aliphatic heterocycles. The maximum atomic E-state index is 14.3. The highest BCUT2D eigenvalue weighted by atomic mass is 19.1. The van der Waals surface area contributed by atoms with Gasteiger partial charge < -0.3 is 25.0 Å². The average molecular weight is 596 g/mol. The fourth-order valence-electron chi connectivity index (χ4n) is 5.16. The topological polar surface area (TPSA) is 142 Å². The first-order chi connectivity index (χ1) is 20.8. The van der Waals surface area contributed by atoms with Crippen LogP contribution in [0.3, 0.4) is 0 Å². The maximum Gasteiger partial charge on any atom is 0.290 e. The fourth-order valence-corrected chi connectivity index (χ4v) is 5.16. The number of aromatic nitrogens is 2. The van der Waals surface area contributed by atoms with E-state index in [1.807, 2.05) is 24.3 Å². The van der Waals surface area contributed by atoms with E-state index < -0.39 is 29.2 Å². The zero-order chi connectivity index (χ0) is 30.8. The van der Waals surface area contributed by atoms with E-state index in [4.69, 9.17) is 14.6 Å². The number of amides is 3. The van der Waals surface area contributed by atoms with Crippen molar-refractivity contribution in [2.75, 3.05) is 39.3 Å². The second kappa shape index (κ2) is 14.8. The van der Waals surface area contributed by atoms with E-state index in [1.165, 1.54) is 4.90 Å². The number of nitrogens with zero attached hydrogens (tertiary/aromatic N) is 4. The average Bonchev–Trinajstić information content (AvgIpc) is 3.45. The molecule has 1 fully saturated rings. The van der Waals surface area contributed by atoms with Gasteiger partial charge in [0.1, 0.15) is 18.2 Å². The highest BCUT2D eigenvalue weighted by Gasteiger charge is 2.40. The van der Waals surface area contributed by atoms with Crippen LogP contribution in [-0.2, 0) is 20.8 Å². The molecule has 2 bridgehead atoms. The largest absolute Gasteiger partial charge is 0.492 e. The van der Waals surface area contributed by atoms with Crippen LogP contribution in [0.5, 0.6) is 5.75 Å². The summed E-state index contributed by atoms with van der Waals surface area (Å²) in [6.07, 6.45) is 4.70. The van der Waals surface area contributed by atoms with Crippen LogP contribution < -0.4 is 10.1 Å². The number of hydrogen-bond donors (Lipinski definition) is 2. The van der Waals surface area contributed by atoms with Gasteiger partial charge in [0.2, 0.25) is 11.8 Å². The van der Waals surface area contributed by atoms with Gasteiger partial charge in [-0.15, -0.1) is 0 Å². The summed E-state index contributed by atoms with van der Waals surface area (Å²) in [5.41, 5.74) is 1.20. The van der Waals surface area contributed by atoms with Gasteiger partial charge in [-0.3, -0.25) is 24.2 Å². The summed E-state index contributed by atoms with van der Waals surface area (Å²) in [6.45, 7) is 1.17. The van der Waals surface area contributed by atoms with E-state index in [1.54, 1.807) is 29.4 Å². The minimum atomic E-state index is -1.04. The van der Waals surface area contributed by atoms with Crippen molar-refractivity contribution in [1.29, 1.82) is 0 Å². The standard InChI is InChI=1S/C29H29F2N5O4.CH2O2/c30-21-14-25(31)27(34-16-21)29(39)35-9-3-8-33-28(38)24-18-36(26(37)12-19-4-2-7-32-15-19)17-23(24)20-5-1-6-22(13-20)40-11-10-35;2-1-3/h1-2,4-7,13-16,23-24H,3,8-12,17-18H2,(H,33,38);1H,(H,2,3)/t23-,24+;/m1./s1. The quantitative estimate of drug-likeness (QED) is 0.440. The van der Waals surface area contributed by atoms with Crippen LogP contribution in [0.1, 0.15) is 34.0 Å². The highest BCUT2D eigenvalue weighted by Crippen LogP contribution is 2.35. The molecule has 2 N–H and O–H groups in total. The molecule has 2 atom stereocenters. The first kappa shape index (κ1) is 31.0. The lowest BCUT2D eigenvalue weighted by atomic mass is 9.88. The molecule has 43 heavy (non-hydrogen) atoms. The number of pyridine rings is 2. The predicted molar refractivity (Wildman–Crippen MR) is 149 cm³/mol. The molecule has 5 rings (SSSR count). The van der Waals surface area contributed by atoms with E-state index in [2.05, 4.69) is 15.3 Å². The van der Waals surface area contributed by atoms with Crippen molar-refractivity contribution in [2.45, 2.75) is 18.8 Å². The Morgan fingerprint density at radius 3 is 2.60 bits per heavy atom. The number of nitrogens with one attached hydrogen (secondary N) is 1. The van der Waals surface area contributed by atoms with Gasteiger partial charge in [-0.25, -0.2) is 13.8 Å². The van der Waals surface area contributed by atoms with Gasteiger partial charge in [-0.2, -0.15) is 0 Å². The fraction of sp³-hybridized carbons (Fsp3) is 0.333. The van der Waals surface area contributed by atoms with Gasteiger partial charge in [0, 0.05) is 50.6 Å². The number of benzene rings is 1. The first-order valence-corrected chi connectivity index (χ1v) is 13.7. The second-order valence-corrected chi connectivity index (χ2v) is 10.00. The van der Waals surface area contributed by atoms with Crippen LogP contribution in [0.2, 0.25) is 0 Å². The lowest BCUT2D eigenvalue weighted by Crippen LogP contribution is -2.40. The summed E-state index contributed by atoms with van der Waals surface area (Å²) in [4.78, 5) is 58.6. The number of likely N-dealkylation sites (tertiary alicyclic amines) is 1. The van der Waals surface area contributed by atoms with Gasteiger partial charge >= 0.3 is 0 Å². The molecule has 0 radical (unpaired) electrons. The molecular weight excluding hydrogens is 564 g/mol. The van der Waals surface area contributed by atoms with Gasteiger partial charge in [0.25, 0.3) is 12.4 Å². The van der Waals surface area contributed by atoms with Crippen molar-refractivity contribution in [3.05, 3.63) is 89.5 Å². The molecule has 0 unspecified atom stereocenters. The van der Waals surface area contributed by atoms with Crippen molar-refractivity contribution < 1.29 is 37.8 Å². The third-order valence-electron chi connectivity index (χ3n) is 7.21. The number of carbonyl (C=O) groups is 4. The minimum Gasteiger partial charge on any atom is -0.492 e. The Morgan fingerprint density at radius 1 is 1.07 bits per heavy atom. The first-order valence-electron chi connectivity index (χ1n) is 13.7. The predicted octanol–water partition coefficient (Wildman–Crippen LogP) is 2.28. The zero-order valence-electron chi connectivity index (χ0n) is 23.2. The summed E-state index contributed by atoms with van der Waals surface area (Å²) in [5, 5.41) is 9.84. The van der Waals surface area contributed by atoms with Gasteiger partial charge in [0.05, 0.1) is 25.1 Å². The maximum absolute atomic E-state index is 14.3. The molecule has 2 aromatic heterocycles. The Bertz CT molecular complexity index is 1440. The van der Waals surface area contributed by atoms with Crippen LogP contribution in [-0.4, -0.2) is 88.4 Å². The van der Waals surface area contributed by atoms with Crippen LogP contribution >= 0.6 is 0 Å². The van der Waals surface area contributed by atoms with Crippen molar-refractivity contribution in [2.24, 2.45) is 5.92 Å². The normalized spacial score (nSPS) is 18.6. The summed E-state index contributed by atoms with van der Waals surface area (Å²) < 4.78 is 33.5. The lowest BCUT2D eigenvalue weighted by molar-refractivity contribution is -0.130. The minimum absolute atomic E-state index is 0.0746. The molecule has 0 spiro atoms. The van der Waals surface area contributed by atoms with Crippen LogP contribution in [0.15, 0.2) is 61.1 Å². The Morgan fingerprint density at radius 2 is 1.86 bits per heavy atom. The Kier molecular flexibility index (Phi) is 10.7. The number of ether oxygens (including phenoxy) is 1. The molecule has 3 amide bonds. The summed E-state index contributed by atoms with van der Waals surface area (Å²) in [5.74, 6) is -2.99. The Hall–Kier alpha value is -4.94. The van der Waals surface area contributed by atoms with E-state index in [-0.39, 0.29) is 63.4 Å². The third kappa shape index (κ3) is 8.09. The number of hydrogen-bond acceptors (Lipinski definition) is 7. The number of fused-ring (bicyclic) bond motifs is 4. The molecule has 1 aromatic carbocycles. The van der Waals surface area contributed by atoms with Crippen molar-refractivity contribution >= 4 is 24.2 Å². The van der Waals surface area contributed by atoms with Crippen LogP contribution in [0.25, 0.3) is 0 Å². The van der Waals surface area contributed by atoms with Crippen LogP contribution in [0.4, 0.5) is 8.78 Å². The highest BCUT2D eigenvalue weighted by molar-refractivity contribution is 5.92. The molecule has 11 nitrogen and oxygen atoms in total. The summed E-state index contributed by atoms with van der Waals surface area (Å²) >= 11 is 0. The molecular formula is C30H31F2N5O6. The van der Waals surface area contributed by atoms with Crippen molar-refractivity contribution in [1.82, 2.24) is 25.1 Å². The zero-order valence-corrected chi connectivity index (χ0v) is 23.2. The van der Waals surface area contributed by atoms with Crippen molar-refractivity contribution in [3.8, 4) is 5.75 Å². The van der Waals surface area contributed by atoms with E-state index >= 15 is 0 Å². The molecule has 226 valence electrons. The smallest absolute Gasteiger partial charge is 0.290 e.